The lowest BCUT2D eigenvalue weighted by Crippen LogP contribution is -1.88. The van der Waals surface area contributed by atoms with Crippen molar-refractivity contribution in [1.29, 1.82) is 0 Å². The van der Waals surface area contributed by atoms with Gasteiger partial charge in [-0.05, 0) is 12.1 Å². The Balaban J connectivity index is 1.65. The standard InChI is InChI=1S/C17H11N5O3/c23-22(24)13-5-1-3-11(7-13)16-19-9-14(21-16)17-20-10-15(25-17)12-4-2-6-18-8-12/h1-10H,(H,19,21). The molecule has 0 atom stereocenters. The molecule has 0 fully saturated rings. The lowest BCUT2D eigenvalue weighted by molar-refractivity contribution is -0.384. The Hall–Kier alpha value is -3.81. The fourth-order valence-electron chi connectivity index (χ4n) is 2.38. The van der Waals surface area contributed by atoms with Crippen LogP contribution in [0.2, 0.25) is 0 Å². The van der Waals surface area contributed by atoms with E-state index in [0.29, 0.717) is 28.7 Å². The first-order chi connectivity index (χ1) is 12.2. The van der Waals surface area contributed by atoms with Crippen LogP contribution in [0.3, 0.4) is 0 Å². The smallest absolute Gasteiger partial charge is 0.270 e. The predicted molar refractivity (Wildman–Crippen MR) is 89.4 cm³/mol. The number of rotatable bonds is 4. The number of nitrogens with one attached hydrogen (secondary N) is 1. The zero-order valence-electron chi connectivity index (χ0n) is 12.8. The monoisotopic (exact) mass is 333 g/mol. The molecule has 0 saturated heterocycles. The Bertz CT molecular complexity index is 1040. The zero-order valence-corrected chi connectivity index (χ0v) is 12.8. The molecule has 0 radical (unpaired) electrons. The van der Waals surface area contributed by atoms with Gasteiger partial charge in [-0.25, -0.2) is 9.97 Å². The Morgan fingerprint density at radius 3 is 2.72 bits per heavy atom. The van der Waals surface area contributed by atoms with Crippen LogP contribution in [0.25, 0.3) is 34.3 Å². The molecule has 0 spiro atoms. The van der Waals surface area contributed by atoms with Gasteiger partial charge in [-0.3, -0.25) is 15.1 Å². The van der Waals surface area contributed by atoms with E-state index in [2.05, 4.69) is 19.9 Å². The van der Waals surface area contributed by atoms with E-state index in [9.17, 15) is 10.1 Å². The highest BCUT2D eigenvalue weighted by Gasteiger charge is 2.14. The number of hydrogen-bond acceptors (Lipinski definition) is 6. The van der Waals surface area contributed by atoms with Crippen LogP contribution in [0.4, 0.5) is 5.69 Å². The summed E-state index contributed by atoms with van der Waals surface area (Å²) in [7, 11) is 0. The second-order valence-electron chi connectivity index (χ2n) is 5.22. The van der Waals surface area contributed by atoms with E-state index in [4.69, 9.17) is 4.42 Å². The minimum atomic E-state index is -0.443. The Kier molecular flexibility index (Phi) is 3.55. The first kappa shape index (κ1) is 14.8. The Labute approximate surface area is 141 Å². The third-order valence-corrected chi connectivity index (χ3v) is 3.59. The van der Waals surface area contributed by atoms with E-state index >= 15 is 0 Å². The summed E-state index contributed by atoms with van der Waals surface area (Å²) in [5.74, 6) is 1.47. The second-order valence-corrected chi connectivity index (χ2v) is 5.22. The predicted octanol–water partition coefficient (Wildman–Crippen LogP) is 3.70. The number of imidazole rings is 1. The molecule has 0 saturated carbocycles. The van der Waals surface area contributed by atoms with E-state index in [0.717, 1.165) is 5.56 Å². The van der Waals surface area contributed by atoms with Crippen LogP contribution in [0.5, 0.6) is 0 Å². The Morgan fingerprint density at radius 2 is 1.92 bits per heavy atom. The second kappa shape index (κ2) is 6.00. The fourth-order valence-corrected chi connectivity index (χ4v) is 2.38. The van der Waals surface area contributed by atoms with Gasteiger partial charge in [-0.2, -0.15) is 0 Å². The first-order valence-corrected chi connectivity index (χ1v) is 7.37. The van der Waals surface area contributed by atoms with Gasteiger partial charge in [0.15, 0.2) is 5.76 Å². The highest BCUT2D eigenvalue weighted by atomic mass is 16.6. The average Bonchev–Trinajstić information content (AvgIpc) is 3.32. The summed E-state index contributed by atoms with van der Waals surface area (Å²) < 4.78 is 5.74. The van der Waals surface area contributed by atoms with Crippen molar-refractivity contribution in [1.82, 2.24) is 19.9 Å². The van der Waals surface area contributed by atoms with Crippen LogP contribution in [-0.4, -0.2) is 24.9 Å². The molecule has 0 unspecified atom stereocenters. The van der Waals surface area contributed by atoms with Crippen LogP contribution < -0.4 is 0 Å². The number of hydrogen-bond donors (Lipinski definition) is 1. The quantitative estimate of drug-likeness (QED) is 0.450. The number of pyridine rings is 1. The van der Waals surface area contributed by atoms with Crippen molar-refractivity contribution in [2.45, 2.75) is 0 Å². The fraction of sp³-hybridized carbons (Fsp3) is 0. The van der Waals surface area contributed by atoms with Crippen LogP contribution in [0.1, 0.15) is 0 Å². The summed E-state index contributed by atoms with van der Waals surface area (Å²) in [5, 5.41) is 10.9. The highest BCUT2D eigenvalue weighted by molar-refractivity contribution is 5.63. The summed E-state index contributed by atoms with van der Waals surface area (Å²) in [5.41, 5.74) is 2.02. The number of aromatic nitrogens is 4. The van der Waals surface area contributed by atoms with E-state index in [-0.39, 0.29) is 5.69 Å². The van der Waals surface area contributed by atoms with Gasteiger partial charge in [0.05, 0.1) is 17.3 Å². The minimum absolute atomic E-state index is 0.00503. The van der Waals surface area contributed by atoms with Gasteiger partial charge in [0.25, 0.3) is 5.69 Å². The van der Waals surface area contributed by atoms with E-state index in [1.54, 1.807) is 36.9 Å². The third-order valence-electron chi connectivity index (χ3n) is 3.59. The summed E-state index contributed by atoms with van der Waals surface area (Å²) >= 11 is 0. The molecule has 25 heavy (non-hydrogen) atoms. The number of aromatic amines is 1. The van der Waals surface area contributed by atoms with Crippen molar-refractivity contribution in [2.24, 2.45) is 0 Å². The zero-order chi connectivity index (χ0) is 17.2. The summed E-state index contributed by atoms with van der Waals surface area (Å²) in [6.45, 7) is 0. The number of nitro groups is 1. The summed E-state index contributed by atoms with van der Waals surface area (Å²) in [6.07, 6.45) is 6.56. The molecule has 4 aromatic rings. The normalized spacial score (nSPS) is 10.7. The summed E-state index contributed by atoms with van der Waals surface area (Å²) in [4.78, 5) is 26.1. The maximum atomic E-state index is 10.9. The molecule has 3 heterocycles. The lowest BCUT2D eigenvalue weighted by Gasteiger charge is -1.97. The van der Waals surface area contributed by atoms with Crippen LogP contribution in [-0.2, 0) is 0 Å². The molecule has 122 valence electrons. The average molecular weight is 333 g/mol. The van der Waals surface area contributed by atoms with Crippen molar-refractivity contribution < 1.29 is 9.34 Å². The molecule has 0 bridgehead atoms. The number of non-ortho nitro benzene ring substituents is 1. The number of H-pyrrole nitrogens is 1. The van der Waals surface area contributed by atoms with Crippen LogP contribution in [0.15, 0.2) is 65.6 Å². The molecule has 0 aliphatic heterocycles. The van der Waals surface area contributed by atoms with Gasteiger partial charge < -0.3 is 9.40 Å². The number of nitrogens with zero attached hydrogens (tertiary/aromatic N) is 4. The lowest BCUT2D eigenvalue weighted by atomic mass is 10.2. The van der Waals surface area contributed by atoms with E-state index < -0.39 is 4.92 Å². The maximum Gasteiger partial charge on any atom is 0.270 e. The van der Waals surface area contributed by atoms with Gasteiger partial charge in [-0.15, -0.1) is 0 Å². The molecule has 1 aromatic carbocycles. The van der Waals surface area contributed by atoms with E-state index in [1.165, 1.54) is 12.1 Å². The summed E-state index contributed by atoms with van der Waals surface area (Å²) in [6, 6.07) is 9.93. The topological polar surface area (TPSA) is 111 Å². The van der Waals surface area contributed by atoms with Crippen molar-refractivity contribution in [3.05, 3.63) is 71.3 Å². The van der Waals surface area contributed by atoms with E-state index in [1.807, 2.05) is 12.1 Å². The van der Waals surface area contributed by atoms with Crippen molar-refractivity contribution in [3.63, 3.8) is 0 Å². The molecular formula is C17H11N5O3. The van der Waals surface area contributed by atoms with Crippen molar-refractivity contribution in [2.75, 3.05) is 0 Å². The van der Waals surface area contributed by atoms with Gasteiger partial charge in [-0.1, -0.05) is 12.1 Å². The number of nitro benzene ring substituents is 1. The van der Waals surface area contributed by atoms with Crippen LogP contribution >= 0.6 is 0 Å². The maximum absolute atomic E-state index is 10.9. The molecule has 4 rings (SSSR count). The molecular weight excluding hydrogens is 322 g/mol. The third kappa shape index (κ3) is 2.88. The molecule has 8 heteroatoms. The SMILES string of the molecule is O=[N+]([O-])c1cccc(-c2ncc(-c3ncc(-c4cccnc4)o3)[nH]2)c1. The molecule has 8 nitrogen and oxygen atoms in total. The largest absolute Gasteiger partial charge is 0.435 e. The Morgan fingerprint density at radius 1 is 1.04 bits per heavy atom. The molecule has 3 aromatic heterocycles. The highest BCUT2D eigenvalue weighted by Crippen LogP contribution is 2.27. The van der Waals surface area contributed by atoms with Gasteiger partial charge >= 0.3 is 0 Å². The van der Waals surface area contributed by atoms with Gasteiger partial charge in [0, 0.05) is 35.7 Å². The molecule has 0 amide bonds. The first-order valence-electron chi connectivity index (χ1n) is 7.37. The number of oxazole rings is 1. The molecule has 1 N–H and O–H groups in total. The minimum Gasteiger partial charge on any atom is -0.435 e. The molecule has 0 aliphatic rings. The number of benzene rings is 1. The molecule has 0 aliphatic carbocycles. The van der Waals surface area contributed by atoms with Crippen LogP contribution in [0, 0.1) is 10.1 Å². The van der Waals surface area contributed by atoms with Crippen molar-refractivity contribution >= 4 is 5.69 Å². The van der Waals surface area contributed by atoms with Gasteiger partial charge in [0.1, 0.15) is 11.5 Å². The van der Waals surface area contributed by atoms with Gasteiger partial charge in [0.2, 0.25) is 5.89 Å². The van der Waals surface area contributed by atoms with Crippen molar-refractivity contribution in [3.8, 4) is 34.3 Å².